The summed E-state index contributed by atoms with van der Waals surface area (Å²) in [6, 6.07) is 10.5. The number of hydrogen-bond acceptors (Lipinski definition) is 4. The van der Waals surface area contributed by atoms with Gasteiger partial charge >= 0.3 is 5.97 Å². The number of piperidine rings is 1. The topological polar surface area (TPSA) is 46.6 Å². The number of nitrogens with zero attached hydrogens (tertiary/aromatic N) is 1. The monoisotopic (exact) mass is 411 g/mol. The summed E-state index contributed by atoms with van der Waals surface area (Å²) in [5.74, 6) is 0.874. The lowest BCUT2D eigenvalue weighted by Crippen LogP contribution is -2.41. The molecule has 0 saturated carbocycles. The summed E-state index contributed by atoms with van der Waals surface area (Å²) in [5, 5.41) is 1.91. The van der Waals surface area contributed by atoms with Crippen molar-refractivity contribution in [3.8, 4) is 0 Å². The van der Waals surface area contributed by atoms with E-state index in [9.17, 15) is 9.59 Å². The third-order valence-electron chi connectivity index (χ3n) is 6.28. The molecule has 1 saturated heterocycles. The third-order valence-corrected chi connectivity index (χ3v) is 7.33. The molecule has 0 radical (unpaired) electrons. The highest BCUT2D eigenvalue weighted by atomic mass is 32.1. The van der Waals surface area contributed by atoms with Crippen molar-refractivity contribution in [2.45, 2.75) is 45.4 Å². The number of thiophene rings is 1. The second-order valence-electron chi connectivity index (χ2n) is 8.49. The predicted molar refractivity (Wildman–Crippen MR) is 115 cm³/mol. The summed E-state index contributed by atoms with van der Waals surface area (Å²) in [5.41, 5.74) is 3.18. The van der Waals surface area contributed by atoms with Crippen LogP contribution in [0.15, 0.2) is 35.7 Å². The molecule has 154 valence electrons. The first-order chi connectivity index (χ1) is 14.1. The van der Waals surface area contributed by atoms with Gasteiger partial charge in [-0.2, -0.15) is 0 Å². The van der Waals surface area contributed by atoms with Gasteiger partial charge in [0, 0.05) is 23.3 Å². The number of carbonyl (C=O) groups excluding carboxylic acids is 2. The van der Waals surface area contributed by atoms with Gasteiger partial charge in [0.15, 0.2) is 6.61 Å². The fraction of sp³-hybridized carbons (Fsp3) is 0.500. The van der Waals surface area contributed by atoms with Gasteiger partial charge in [0.25, 0.3) is 5.91 Å². The highest BCUT2D eigenvalue weighted by Crippen LogP contribution is 2.33. The summed E-state index contributed by atoms with van der Waals surface area (Å²) in [6.45, 7) is 3.60. The van der Waals surface area contributed by atoms with Gasteiger partial charge in [-0.05, 0) is 61.5 Å². The molecular weight excluding hydrogens is 382 g/mol. The van der Waals surface area contributed by atoms with Gasteiger partial charge in [0.05, 0.1) is 5.56 Å². The lowest BCUT2D eigenvalue weighted by atomic mass is 9.88. The Morgan fingerprint density at radius 2 is 1.90 bits per heavy atom. The molecule has 1 aromatic carbocycles. The van der Waals surface area contributed by atoms with Gasteiger partial charge in [-0.3, -0.25) is 4.79 Å². The van der Waals surface area contributed by atoms with Crippen molar-refractivity contribution in [1.82, 2.24) is 4.90 Å². The molecule has 2 heterocycles. The van der Waals surface area contributed by atoms with Crippen LogP contribution in [0.2, 0.25) is 0 Å². The Hall–Kier alpha value is -2.14. The molecule has 2 aromatic rings. The first-order valence-corrected chi connectivity index (χ1v) is 11.6. The minimum absolute atomic E-state index is 0.0748. The van der Waals surface area contributed by atoms with Gasteiger partial charge in [0.1, 0.15) is 0 Å². The van der Waals surface area contributed by atoms with Gasteiger partial charge < -0.3 is 9.64 Å². The van der Waals surface area contributed by atoms with Crippen molar-refractivity contribution in [3.05, 3.63) is 57.3 Å². The van der Waals surface area contributed by atoms with Crippen molar-refractivity contribution in [2.75, 3.05) is 19.7 Å². The maximum absolute atomic E-state index is 12.5. The Morgan fingerprint density at radius 3 is 2.66 bits per heavy atom. The van der Waals surface area contributed by atoms with E-state index in [0.29, 0.717) is 17.4 Å². The first-order valence-electron chi connectivity index (χ1n) is 10.7. The zero-order valence-corrected chi connectivity index (χ0v) is 17.9. The number of benzene rings is 1. The van der Waals surface area contributed by atoms with Crippen LogP contribution in [0.4, 0.5) is 0 Å². The summed E-state index contributed by atoms with van der Waals surface area (Å²) in [6.07, 6.45) is 6.17. The van der Waals surface area contributed by atoms with E-state index in [1.54, 1.807) is 11.3 Å². The average molecular weight is 412 g/mol. The molecular formula is C24H29NO3S. The fourth-order valence-electron chi connectivity index (χ4n) is 4.48. The molecule has 5 heteroatoms. The van der Waals surface area contributed by atoms with E-state index in [-0.39, 0.29) is 18.5 Å². The number of likely N-dealkylation sites (tertiary alicyclic amines) is 1. The number of esters is 1. The van der Waals surface area contributed by atoms with Crippen molar-refractivity contribution in [3.63, 3.8) is 0 Å². The SMILES string of the molecule is C[C@@H]1CCc2c(C(=O)OCC(=O)N3CCC(Cc4ccccc4)CC3)csc2C1. The largest absolute Gasteiger partial charge is 0.452 e. The van der Waals surface area contributed by atoms with Crippen molar-refractivity contribution < 1.29 is 14.3 Å². The molecule has 1 aliphatic carbocycles. The third kappa shape index (κ3) is 4.89. The Kier molecular flexibility index (Phi) is 6.34. The maximum Gasteiger partial charge on any atom is 0.339 e. The molecule has 1 aliphatic heterocycles. The maximum atomic E-state index is 12.5. The highest BCUT2D eigenvalue weighted by Gasteiger charge is 2.26. The Labute approximate surface area is 176 Å². The Balaban J connectivity index is 1.24. The molecule has 0 N–H and O–H groups in total. The fourth-order valence-corrected chi connectivity index (χ4v) is 5.71. The molecule has 0 unspecified atom stereocenters. The minimum Gasteiger partial charge on any atom is -0.452 e. The zero-order chi connectivity index (χ0) is 20.2. The van der Waals surface area contributed by atoms with Gasteiger partial charge in [-0.15, -0.1) is 11.3 Å². The van der Waals surface area contributed by atoms with Gasteiger partial charge in [-0.1, -0.05) is 37.3 Å². The van der Waals surface area contributed by atoms with Gasteiger partial charge in [-0.25, -0.2) is 4.79 Å². The molecule has 0 spiro atoms. The highest BCUT2D eigenvalue weighted by molar-refractivity contribution is 7.10. The smallest absolute Gasteiger partial charge is 0.339 e. The Bertz CT molecular complexity index is 852. The van der Waals surface area contributed by atoms with E-state index in [1.165, 1.54) is 10.4 Å². The zero-order valence-electron chi connectivity index (χ0n) is 17.1. The summed E-state index contributed by atoms with van der Waals surface area (Å²) < 4.78 is 5.39. The van der Waals surface area contributed by atoms with Gasteiger partial charge in [0.2, 0.25) is 0 Å². The normalized spacial score (nSPS) is 19.6. The van der Waals surface area contributed by atoms with Crippen molar-refractivity contribution >= 4 is 23.2 Å². The molecule has 1 aromatic heterocycles. The molecule has 29 heavy (non-hydrogen) atoms. The summed E-state index contributed by atoms with van der Waals surface area (Å²) in [4.78, 5) is 28.2. The quantitative estimate of drug-likeness (QED) is 0.680. The van der Waals surface area contributed by atoms with Crippen LogP contribution in [0.1, 0.15) is 52.5 Å². The first kappa shape index (κ1) is 20.1. The molecule has 0 bridgehead atoms. The van der Waals surface area contributed by atoms with Crippen LogP contribution in [-0.4, -0.2) is 36.5 Å². The second kappa shape index (κ2) is 9.12. The van der Waals surface area contributed by atoms with Crippen LogP contribution < -0.4 is 0 Å². The van der Waals surface area contributed by atoms with E-state index >= 15 is 0 Å². The van der Waals surface area contributed by atoms with E-state index in [2.05, 4.69) is 31.2 Å². The second-order valence-corrected chi connectivity index (χ2v) is 9.45. The van der Waals surface area contributed by atoms with E-state index < -0.39 is 0 Å². The van der Waals surface area contributed by atoms with Crippen LogP contribution >= 0.6 is 11.3 Å². The Morgan fingerprint density at radius 1 is 1.14 bits per heavy atom. The molecule has 4 rings (SSSR count). The lowest BCUT2D eigenvalue weighted by molar-refractivity contribution is -0.135. The molecule has 2 aliphatic rings. The minimum atomic E-state index is -0.343. The summed E-state index contributed by atoms with van der Waals surface area (Å²) >= 11 is 1.65. The van der Waals surface area contributed by atoms with Crippen LogP contribution in [-0.2, 0) is 28.8 Å². The molecule has 1 atom stereocenters. The standard InChI is InChI=1S/C24H29NO3S/c1-17-7-8-20-21(16-29-22(20)13-17)24(27)28-15-23(26)25-11-9-19(10-12-25)14-18-5-3-2-4-6-18/h2-6,16-17,19H,7-15H2,1H3/t17-/m1/s1. The van der Waals surface area contributed by atoms with Crippen LogP contribution in [0.3, 0.4) is 0 Å². The van der Waals surface area contributed by atoms with E-state index in [4.69, 9.17) is 4.74 Å². The van der Waals surface area contributed by atoms with E-state index in [0.717, 1.165) is 57.2 Å². The predicted octanol–water partition coefficient (Wildman–Crippen LogP) is 4.51. The number of hydrogen-bond donors (Lipinski definition) is 0. The van der Waals surface area contributed by atoms with Crippen LogP contribution in [0.25, 0.3) is 0 Å². The number of amides is 1. The van der Waals surface area contributed by atoms with Crippen LogP contribution in [0.5, 0.6) is 0 Å². The molecule has 1 amide bonds. The van der Waals surface area contributed by atoms with Crippen molar-refractivity contribution in [2.24, 2.45) is 11.8 Å². The number of fused-ring (bicyclic) bond motifs is 1. The molecule has 1 fully saturated rings. The summed E-state index contributed by atoms with van der Waals surface area (Å²) in [7, 11) is 0. The average Bonchev–Trinajstić information content (AvgIpc) is 3.16. The van der Waals surface area contributed by atoms with Crippen LogP contribution in [0, 0.1) is 11.8 Å². The number of ether oxygens (including phenoxy) is 1. The van der Waals surface area contributed by atoms with E-state index in [1.807, 2.05) is 16.3 Å². The lowest BCUT2D eigenvalue weighted by Gasteiger charge is -2.32. The molecule has 4 nitrogen and oxygen atoms in total. The number of carbonyl (C=O) groups is 2. The van der Waals surface area contributed by atoms with Crippen molar-refractivity contribution in [1.29, 1.82) is 0 Å². The number of rotatable bonds is 5.